The third-order valence-electron chi connectivity index (χ3n) is 3.31. The number of ether oxygens (including phenoxy) is 1. The number of amides is 1. The van der Waals surface area contributed by atoms with Gasteiger partial charge < -0.3 is 15.2 Å². The molecule has 0 bridgehead atoms. The van der Waals surface area contributed by atoms with Gasteiger partial charge in [0.15, 0.2) is 9.84 Å². The van der Waals surface area contributed by atoms with Gasteiger partial charge in [-0.25, -0.2) is 8.42 Å². The van der Waals surface area contributed by atoms with Crippen molar-refractivity contribution >= 4 is 21.4 Å². The lowest BCUT2D eigenvalue weighted by molar-refractivity contribution is 0.102. The fourth-order valence-electron chi connectivity index (χ4n) is 1.91. The second kappa shape index (κ2) is 6.70. The minimum absolute atomic E-state index is 0.0420. The van der Waals surface area contributed by atoms with Crippen LogP contribution in [-0.4, -0.2) is 32.3 Å². The third kappa shape index (κ3) is 3.81. The van der Waals surface area contributed by atoms with Crippen molar-refractivity contribution in [1.82, 2.24) is 0 Å². The van der Waals surface area contributed by atoms with E-state index < -0.39 is 15.7 Å². The Hall–Kier alpha value is -2.54. The Kier molecular flexibility index (Phi) is 4.90. The van der Waals surface area contributed by atoms with Crippen molar-refractivity contribution < 1.29 is 23.1 Å². The number of benzene rings is 2. The standard InChI is InChI=1S/C16H17NO5S/c1-3-23(20,21)13-8-9-15(18)14(10-13)17-16(19)11-4-6-12(22-2)7-5-11/h4-10,18H,3H2,1-2H3,(H,17,19). The van der Waals surface area contributed by atoms with Crippen LogP contribution >= 0.6 is 0 Å². The van der Waals surface area contributed by atoms with Gasteiger partial charge in [0.05, 0.1) is 23.4 Å². The van der Waals surface area contributed by atoms with E-state index >= 15 is 0 Å². The number of phenols is 1. The summed E-state index contributed by atoms with van der Waals surface area (Å²) in [6.07, 6.45) is 0. The molecule has 0 unspecified atom stereocenters. The van der Waals surface area contributed by atoms with Gasteiger partial charge in [-0.2, -0.15) is 0 Å². The number of carbonyl (C=O) groups excluding carboxylic acids is 1. The Balaban J connectivity index is 2.28. The van der Waals surface area contributed by atoms with E-state index in [1.54, 1.807) is 24.3 Å². The van der Waals surface area contributed by atoms with Crippen LogP contribution in [0.25, 0.3) is 0 Å². The molecule has 1 amide bonds. The van der Waals surface area contributed by atoms with Crippen molar-refractivity contribution in [1.29, 1.82) is 0 Å². The summed E-state index contributed by atoms with van der Waals surface area (Å²) < 4.78 is 28.8. The average molecular weight is 335 g/mol. The van der Waals surface area contributed by atoms with Gasteiger partial charge in [-0.3, -0.25) is 4.79 Å². The van der Waals surface area contributed by atoms with Gasteiger partial charge in [-0.1, -0.05) is 6.92 Å². The summed E-state index contributed by atoms with van der Waals surface area (Å²) in [5.41, 5.74) is 0.397. The molecule has 0 heterocycles. The maximum absolute atomic E-state index is 12.2. The number of methoxy groups -OCH3 is 1. The lowest BCUT2D eigenvalue weighted by Gasteiger charge is -2.10. The summed E-state index contributed by atoms with van der Waals surface area (Å²) in [6, 6.07) is 10.2. The number of sulfone groups is 1. The molecule has 0 radical (unpaired) electrons. The van der Waals surface area contributed by atoms with Gasteiger partial charge in [-0.15, -0.1) is 0 Å². The third-order valence-corrected chi connectivity index (χ3v) is 5.04. The summed E-state index contributed by atoms with van der Waals surface area (Å²) in [4.78, 5) is 12.2. The molecule has 0 aliphatic carbocycles. The van der Waals surface area contributed by atoms with Crippen molar-refractivity contribution in [3.05, 3.63) is 48.0 Å². The molecule has 2 rings (SSSR count). The summed E-state index contributed by atoms with van der Waals surface area (Å²) in [7, 11) is -1.91. The number of rotatable bonds is 5. The molecule has 2 aromatic carbocycles. The zero-order chi connectivity index (χ0) is 17.0. The van der Waals surface area contributed by atoms with Gasteiger partial charge in [-0.05, 0) is 42.5 Å². The number of nitrogens with one attached hydrogen (secondary N) is 1. The molecule has 0 atom stereocenters. The molecule has 0 saturated carbocycles. The Bertz CT molecular complexity index is 813. The van der Waals surface area contributed by atoms with Crippen LogP contribution in [0.5, 0.6) is 11.5 Å². The number of anilines is 1. The lowest BCUT2D eigenvalue weighted by Crippen LogP contribution is -2.13. The maximum atomic E-state index is 12.2. The molecule has 0 saturated heterocycles. The van der Waals surface area contributed by atoms with E-state index in [2.05, 4.69) is 5.32 Å². The fourth-order valence-corrected chi connectivity index (χ4v) is 2.82. The van der Waals surface area contributed by atoms with Crippen LogP contribution in [-0.2, 0) is 9.84 Å². The highest BCUT2D eigenvalue weighted by atomic mass is 32.2. The van der Waals surface area contributed by atoms with E-state index in [-0.39, 0.29) is 22.1 Å². The first-order valence-corrected chi connectivity index (χ1v) is 8.54. The number of phenolic OH excluding ortho intramolecular Hbond substituents is 1. The second-order valence-corrected chi connectivity index (χ2v) is 7.04. The number of aromatic hydroxyl groups is 1. The van der Waals surface area contributed by atoms with E-state index in [4.69, 9.17) is 4.74 Å². The molecule has 122 valence electrons. The van der Waals surface area contributed by atoms with Crippen molar-refractivity contribution in [2.45, 2.75) is 11.8 Å². The van der Waals surface area contributed by atoms with Crippen LogP contribution in [0.2, 0.25) is 0 Å². The Labute approximate surface area is 134 Å². The molecule has 23 heavy (non-hydrogen) atoms. The molecular formula is C16H17NO5S. The first-order valence-electron chi connectivity index (χ1n) is 6.88. The quantitative estimate of drug-likeness (QED) is 0.819. The highest BCUT2D eigenvalue weighted by Crippen LogP contribution is 2.27. The highest BCUT2D eigenvalue weighted by molar-refractivity contribution is 7.91. The van der Waals surface area contributed by atoms with Crippen LogP contribution in [0.3, 0.4) is 0 Å². The Morgan fingerprint density at radius 3 is 2.39 bits per heavy atom. The second-order valence-electron chi connectivity index (χ2n) is 4.77. The van der Waals surface area contributed by atoms with E-state index in [1.807, 2.05) is 0 Å². The molecular weight excluding hydrogens is 318 g/mol. The van der Waals surface area contributed by atoms with Crippen molar-refractivity contribution in [2.75, 3.05) is 18.2 Å². The molecule has 0 aromatic heterocycles. The Morgan fingerprint density at radius 2 is 1.83 bits per heavy atom. The molecule has 0 fully saturated rings. The molecule has 0 spiro atoms. The number of hydrogen-bond acceptors (Lipinski definition) is 5. The van der Waals surface area contributed by atoms with E-state index in [0.29, 0.717) is 11.3 Å². The average Bonchev–Trinajstić information content (AvgIpc) is 2.56. The normalized spacial score (nSPS) is 11.0. The minimum atomic E-state index is -3.43. The summed E-state index contributed by atoms with van der Waals surface area (Å²) in [5.74, 6) is -0.125. The molecule has 6 nitrogen and oxygen atoms in total. The summed E-state index contributed by atoms with van der Waals surface area (Å²) in [6.45, 7) is 1.53. The smallest absolute Gasteiger partial charge is 0.255 e. The lowest BCUT2D eigenvalue weighted by atomic mass is 10.2. The monoisotopic (exact) mass is 335 g/mol. The first-order chi connectivity index (χ1) is 10.9. The van der Waals surface area contributed by atoms with Crippen LogP contribution in [0, 0.1) is 0 Å². The predicted molar refractivity (Wildman–Crippen MR) is 86.8 cm³/mol. The van der Waals surface area contributed by atoms with Crippen LogP contribution in [0.1, 0.15) is 17.3 Å². The van der Waals surface area contributed by atoms with E-state index in [0.717, 1.165) is 0 Å². The summed E-state index contributed by atoms with van der Waals surface area (Å²) in [5, 5.41) is 12.3. The van der Waals surface area contributed by atoms with Crippen LogP contribution in [0.4, 0.5) is 5.69 Å². The summed E-state index contributed by atoms with van der Waals surface area (Å²) >= 11 is 0. The molecule has 7 heteroatoms. The van der Waals surface area contributed by atoms with Crippen molar-refractivity contribution in [2.24, 2.45) is 0 Å². The van der Waals surface area contributed by atoms with Crippen LogP contribution in [0.15, 0.2) is 47.4 Å². The van der Waals surface area contributed by atoms with Gasteiger partial charge >= 0.3 is 0 Å². The van der Waals surface area contributed by atoms with E-state index in [1.165, 1.54) is 32.2 Å². The zero-order valence-electron chi connectivity index (χ0n) is 12.7. The van der Waals surface area contributed by atoms with Gasteiger partial charge in [0.1, 0.15) is 11.5 Å². The fraction of sp³-hybridized carbons (Fsp3) is 0.188. The predicted octanol–water partition coefficient (Wildman–Crippen LogP) is 2.45. The Morgan fingerprint density at radius 1 is 1.17 bits per heavy atom. The first kappa shape index (κ1) is 16.8. The van der Waals surface area contributed by atoms with E-state index in [9.17, 15) is 18.3 Å². The highest BCUT2D eigenvalue weighted by Gasteiger charge is 2.16. The zero-order valence-corrected chi connectivity index (χ0v) is 13.6. The topological polar surface area (TPSA) is 92.7 Å². The van der Waals surface area contributed by atoms with Crippen LogP contribution < -0.4 is 10.1 Å². The van der Waals surface area contributed by atoms with Gasteiger partial charge in [0.25, 0.3) is 5.91 Å². The number of carbonyl (C=O) groups is 1. The van der Waals surface area contributed by atoms with Crippen molar-refractivity contribution in [3.8, 4) is 11.5 Å². The van der Waals surface area contributed by atoms with Gasteiger partial charge in [0, 0.05) is 5.56 Å². The minimum Gasteiger partial charge on any atom is -0.506 e. The number of hydrogen-bond donors (Lipinski definition) is 2. The molecule has 2 aromatic rings. The molecule has 0 aliphatic rings. The van der Waals surface area contributed by atoms with Gasteiger partial charge in [0.2, 0.25) is 0 Å². The molecule has 0 aliphatic heterocycles. The maximum Gasteiger partial charge on any atom is 0.255 e. The van der Waals surface area contributed by atoms with Crippen molar-refractivity contribution in [3.63, 3.8) is 0 Å². The largest absolute Gasteiger partial charge is 0.506 e. The SMILES string of the molecule is CCS(=O)(=O)c1ccc(O)c(NC(=O)c2ccc(OC)cc2)c1. The molecule has 2 N–H and O–H groups in total.